The number of fused-ring (bicyclic) bond motifs is 1. The molecule has 4 rings (SSSR count). The van der Waals surface area contributed by atoms with Crippen molar-refractivity contribution in [3.8, 4) is 0 Å². The zero-order chi connectivity index (χ0) is 26.7. The van der Waals surface area contributed by atoms with Crippen molar-refractivity contribution in [1.29, 1.82) is 0 Å². The lowest BCUT2D eigenvalue weighted by molar-refractivity contribution is 0.0983. The summed E-state index contributed by atoms with van der Waals surface area (Å²) in [5.41, 5.74) is 1.10. The minimum Gasteiger partial charge on any atom is -0.302 e. The van der Waals surface area contributed by atoms with Crippen molar-refractivity contribution in [3.05, 3.63) is 53.1 Å². The summed E-state index contributed by atoms with van der Waals surface area (Å²) in [6.45, 7) is 12.3. The molecule has 0 saturated carbocycles. The van der Waals surface area contributed by atoms with E-state index in [1.54, 1.807) is 39.5 Å². The van der Waals surface area contributed by atoms with Crippen molar-refractivity contribution >= 4 is 66.6 Å². The van der Waals surface area contributed by atoms with Gasteiger partial charge in [-0.15, -0.1) is 12.4 Å². The predicted molar refractivity (Wildman–Crippen MR) is 159 cm³/mol. The molecule has 38 heavy (non-hydrogen) atoms. The van der Waals surface area contributed by atoms with E-state index in [1.807, 2.05) is 12.1 Å². The third-order valence-electron chi connectivity index (χ3n) is 6.94. The lowest BCUT2D eigenvalue weighted by Gasteiger charge is -2.34. The van der Waals surface area contributed by atoms with Crippen LogP contribution in [0.5, 0.6) is 0 Å². The topological polar surface area (TPSA) is 73.8 Å². The van der Waals surface area contributed by atoms with E-state index >= 15 is 0 Å². The molecule has 0 spiro atoms. The molecule has 208 valence electrons. The van der Waals surface area contributed by atoms with Crippen LogP contribution in [-0.4, -0.2) is 67.8 Å². The number of rotatable bonds is 9. The summed E-state index contributed by atoms with van der Waals surface area (Å²) in [6, 6.07) is 11.9. The van der Waals surface area contributed by atoms with E-state index in [4.69, 9.17) is 16.6 Å². The first-order chi connectivity index (χ1) is 17.6. The van der Waals surface area contributed by atoms with Gasteiger partial charge in [0.2, 0.25) is 10.0 Å². The number of hydrogen-bond donors (Lipinski definition) is 0. The molecule has 2 aromatic carbocycles. The number of piperidine rings is 1. The number of benzene rings is 2. The minimum absolute atomic E-state index is 0. The molecule has 0 bridgehead atoms. The number of amides is 1. The third-order valence-corrected chi connectivity index (χ3v) is 10.1. The summed E-state index contributed by atoms with van der Waals surface area (Å²) in [5, 5.41) is 1.13. The maximum Gasteiger partial charge on any atom is 0.260 e. The van der Waals surface area contributed by atoms with Gasteiger partial charge in [0.15, 0.2) is 5.13 Å². The Morgan fingerprint density at radius 2 is 1.68 bits per heavy atom. The second-order valence-electron chi connectivity index (χ2n) is 9.86. The Kier molecular flexibility index (Phi) is 10.6. The first-order valence-corrected chi connectivity index (χ1v) is 15.5. The van der Waals surface area contributed by atoms with Crippen molar-refractivity contribution in [1.82, 2.24) is 14.2 Å². The smallest absolute Gasteiger partial charge is 0.260 e. The molecule has 2 unspecified atom stereocenters. The van der Waals surface area contributed by atoms with Crippen LogP contribution in [-0.2, 0) is 10.0 Å². The molecule has 0 radical (unpaired) electrons. The first kappa shape index (κ1) is 30.8. The number of aromatic nitrogens is 1. The molecule has 2 atom stereocenters. The number of para-hydroxylation sites is 1. The fourth-order valence-corrected chi connectivity index (χ4v) is 7.93. The Morgan fingerprint density at radius 3 is 2.26 bits per heavy atom. The van der Waals surface area contributed by atoms with Gasteiger partial charge in [-0.2, -0.15) is 4.31 Å². The van der Waals surface area contributed by atoms with Crippen molar-refractivity contribution in [2.45, 2.75) is 39.0 Å². The molecule has 1 aliphatic heterocycles. The average Bonchev–Trinajstić information content (AvgIpc) is 3.31. The largest absolute Gasteiger partial charge is 0.302 e. The highest BCUT2D eigenvalue weighted by Crippen LogP contribution is 2.34. The van der Waals surface area contributed by atoms with E-state index in [0.29, 0.717) is 59.2 Å². The summed E-state index contributed by atoms with van der Waals surface area (Å²) < 4.78 is 29.1. The van der Waals surface area contributed by atoms with E-state index in [-0.39, 0.29) is 23.2 Å². The quantitative estimate of drug-likeness (QED) is 0.301. The highest BCUT2D eigenvalue weighted by atomic mass is 35.5. The van der Waals surface area contributed by atoms with Crippen LogP contribution in [0.1, 0.15) is 44.5 Å². The van der Waals surface area contributed by atoms with E-state index in [2.05, 4.69) is 32.6 Å². The summed E-state index contributed by atoms with van der Waals surface area (Å²) in [7, 11) is -3.62. The van der Waals surface area contributed by atoms with Gasteiger partial charge >= 0.3 is 0 Å². The van der Waals surface area contributed by atoms with Crippen LogP contribution in [0.4, 0.5) is 5.13 Å². The van der Waals surface area contributed by atoms with Crippen LogP contribution in [0.3, 0.4) is 0 Å². The van der Waals surface area contributed by atoms with Crippen LogP contribution in [0.15, 0.2) is 47.4 Å². The van der Waals surface area contributed by atoms with E-state index in [0.717, 1.165) is 24.2 Å². The molecule has 2 heterocycles. The van der Waals surface area contributed by atoms with Gasteiger partial charge in [-0.05, 0) is 67.7 Å². The summed E-state index contributed by atoms with van der Waals surface area (Å²) >= 11 is 7.78. The molecule has 3 aromatic rings. The number of nitrogens with zero attached hydrogens (tertiary/aromatic N) is 4. The Morgan fingerprint density at radius 1 is 1.05 bits per heavy atom. The van der Waals surface area contributed by atoms with Gasteiger partial charge < -0.3 is 4.90 Å². The predicted octanol–water partition coefficient (Wildman–Crippen LogP) is 6.03. The molecular weight excluding hydrogens is 563 g/mol. The average molecular weight is 600 g/mol. The van der Waals surface area contributed by atoms with Gasteiger partial charge in [0.25, 0.3) is 5.91 Å². The maximum atomic E-state index is 13.7. The molecule has 0 aliphatic carbocycles. The SMILES string of the molecule is CCN(CC)CCN(C(=O)c1ccc(S(=O)(=O)N2CC(C)CC(C)C2)cc1)c1nc2c(Cl)cccc2s1.Cl. The molecule has 1 aliphatic rings. The number of anilines is 1. The minimum atomic E-state index is -3.62. The van der Waals surface area contributed by atoms with Gasteiger partial charge in [0.1, 0.15) is 5.52 Å². The fourth-order valence-electron chi connectivity index (χ4n) is 4.96. The van der Waals surface area contributed by atoms with E-state index < -0.39 is 10.0 Å². The van der Waals surface area contributed by atoms with E-state index in [1.165, 1.54) is 11.3 Å². The molecule has 7 nitrogen and oxygen atoms in total. The molecular formula is C27H36Cl2N4O3S2. The highest BCUT2D eigenvalue weighted by molar-refractivity contribution is 7.89. The lowest BCUT2D eigenvalue weighted by Crippen LogP contribution is -2.42. The summed E-state index contributed by atoms with van der Waals surface area (Å²) in [5.74, 6) is 0.425. The second kappa shape index (κ2) is 13.1. The van der Waals surface area contributed by atoms with Gasteiger partial charge in [-0.25, -0.2) is 13.4 Å². The zero-order valence-electron chi connectivity index (χ0n) is 22.3. The van der Waals surface area contributed by atoms with Gasteiger partial charge in [-0.1, -0.05) is 56.7 Å². The molecule has 1 fully saturated rings. The number of hydrogen-bond acceptors (Lipinski definition) is 6. The van der Waals surface area contributed by atoms with E-state index in [9.17, 15) is 13.2 Å². The number of sulfonamides is 1. The van der Waals surface area contributed by atoms with Crippen LogP contribution in [0.25, 0.3) is 10.2 Å². The van der Waals surface area contributed by atoms with Crippen LogP contribution in [0.2, 0.25) is 5.02 Å². The van der Waals surface area contributed by atoms with Gasteiger partial charge in [0, 0.05) is 31.7 Å². The number of thiazole rings is 1. The van der Waals surface area contributed by atoms with Crippen molar-refractivity contribution in [3.63, 3.8) is 0 Å². The third kappa shape index (κ3) is 6.69. The molecule has 1 amide bonds. The maximum absolute atomic E-state index is 13.7. The first-order valence-electron chi connectivity index (χ1n) is 12.8. The van der Waals surface area contributed by atoms with Crippen molar-refractivity contribution < 1.29 is 13.2 Å². The van der Waals surface area contributed by atoms with Gasteiger partial charge in [-0.3, -0.25) is 9.69 Å². The zero-order valence-corrected chi connectivity index (χ0v) is 25.5. The Labute approximate surface area is 241 Å². The highest BCUT2D eigenvalue weighted by Gasteiger charge is 2.32. The van der Waals surface area contributed by atoms with Crippen LogP contribution in [0, 0.1) is 11.8 Å². The lowest BCUT2D eigenvalue weighted by atomic mass is 9.94. The number of carbonyl (C=O) groups is 1. The van der Waals surface area contributed by atoms with Crippen molar-refractivity contribution in [2.75, 3.05) is 44.2 Å². The van der Waals surface area contributed by atoms with Crippen LogP contribution < -0.4 is 4.90 Å². The van der Waals surface area contributed by atoms with Gasteiger partial charge in [0.05, 0.1) is 14.6 Å². The number of carbonyl (C=O) groups excluding carboxylic acids is 1. The number of likely N-dealkylation sites (N-methyl/N-ethyl adjacent to an activating group) is 1. The number of halogens is 2. The fraction of sp³-hybridized carbons (Fsp3) is 0.481. The molecule has 0 N–H and O–H groups in total. The summed E-state index contributed by atoms with van der Waals surface area (Å²) in [4.78, 5) is 22.6. The summed E-state index contributed by atoms with van der Waals surface area (Å²) in [6.07, 6.45) is 1.03. The van der Waals surface area contributed by atoms with Crippen LogP contribution >= 0.6 is 35.3 Å². The standard InChI is InChI=1S/C27H35ClN4O3S2.ClH/c1-5-30(6-2)14-15-32(27-29-25-23(28)8-7-9-24(25)36-27)26(33)21-10-12-22(13-11-21)37(34,35)31-17-19(3)16-20(4)18-31;/h7-13,19-20H,5-6,14-18H2,1-4H3;1H. The Bertz CT molecular complexity index is 1330. The normalized spacial score (nSPS) is 18.5. The van der Waals surface area contributed by atoms with Crippen molar-refractivity contribution in [2.24, 2.45) is 11.8 Å². The molecule has 1 aromatic heterocycles. The Balaban J connectivity index is 0.00000400. The second-order valence-corrected chi connectivity index (χ2v) is 13.2. The monoisotopic (exact) mass is 598 g/mol. The molecule has 11 heteroatoms. The Hall–Kier alpha value is -1.75. The molecule has 1 saturated heterocycles.